The third-order valence-electron chi connectivity index (χ3n) is 3.98. The summed E-state index contributed by atoms with van der Waals surface area (Å²) >= 11 is 0. The quantitative estimate of drug-likeness (QED) is 0.607. The van der Waals surface area contributed by atoms with Crippen molar-refractivity contribution in [3.8, 4) is 11.8 Å². The maximum absolute atomic E-state index is 12.2. The van der Waals surface area contributed by atoms with E-state index in [4.69, 9.17) is 4.74 Å². The predicted molar refractivity (Wildman–Crippen MR) is 102 cm³/mol. The molecule has 2 aromatic carbocycles. The van der Waals surface area contributed by atoms with Crippen molar-refractivity contribution < 1.29 is 18.1 Å². The fraction of sp³-hybridized carbons (Fsp3) is 0.158. The number of sulfonamides is 1. The molecule has 3 rings (SSSR count). The average Bonchev–Trinajstić information content (AvgIpc) is 2.70. The topological polar surface area (TPSA) is 105 Å². The van der Waals surface area contributed by atoms with Crippen molar-refractivity contribution in [1.29, 1.82) is 5.26 Å². The van der Waals surface area contributed by atoms with Crippen molar-refractivity contribution in [3.05, 3.63) is 60.2 Å². The second kappa shape index (κ2) is 8.03. The van der Waals surface area contributed by atoms with Crippen molar-refractivity contribution in [1.82, 2.24) is 4.72 Å². The van der Waals surface area contributed by atoms with Gasteiger partial charge in [0, 0.05) is 18.0 Å². The Morgan fingerprint density at radius 3 is 2.59 bits per heavy atom. The van der Waals surface area contributed by atoms with Gasteiger partial charge < -0.3 is 4.74 Å². The minimum atomic E-state index is -3.56. The summed E-state index contributed by atoms with van der Waals surface area (Å²) in [5.41, 5.74) is 1.25. The lowest BCUT2D eigenvalue weighted by Gasteiger charge is -2.07. The lowest BCUT2D eigenvalue weighted by molar-refractivity contribution is -0.327. The molecule has 138 valence electrons. The van der Waals surface area contributed by atoms with Gasteiger partial charge in [-0.25, -0.2) is 18.1 Å². The minimum Gasteiger partial charge on any atom is -0.497 e. The molecule has 0 atom stereocenters. The monoisotopic (exact) mass is 383 g/mol. The Labute approximate surface area is 157 Å². The number of hydrogen-bond acceptors (Lipinski definition) is 5. The first-order chi connectivity index (χ1) is 13.0. The predicted octanol–water partition coefficient (Wildman–Crippen LogP) is 1.92. The number of pyridine rings is 1. The molecular formula is C19H19N4O3S+. The van der Waals surface area contributed by atoms with E-state index in [0.717, 1.165) is 10.9 Å². The van der Waals surface area contributed by atoms with Crippen molar-refractivity contribution in [2.75, 3.05) is 25.5 Å². The Morgan fingerprint density at radius 2 is 1.89 bits per heavy atom. The van der Waals surface area contributed by atoms with Gasteiger partial charge in [0.2, 0.25) is 10.0 Å². The van der Waals surface area contributed by atoms with Crippen LogP contribution in [0.2, 0.25) is 0 Å². The van der Waals surface area contributed by atoms with Crippen LogP contribution in [0, 0.1) is 11.3 Å². The zero-order chi connectivity index (χ0) is 19.3. The molecule has 7 nitrogen and oxygen atoms in total. The van der Waals surface area contributed by atoms with Crippen molar-refractivity contribution in [3.63, 3.8) is 0 Å². The molecule has 0 saturated heterocycles. The normalized spacial score (nSPS) is 11.1. The van der Waals surface area contributed by atoms with Crippen LogP contribution in [0.15, 0.2) is 59.5 Å². The molecule has 0 unspecified atom stereocenters. The van der Waals surface area contributed by atoms with Crippen LogP contribution in [-0.4, -0.2) is 28.6 Å². The van der Waals surface area contributed by atoms with Gasteiger partial charge in [-0.1, -0.05) is 18.2 Å². The number of rotatable bonds is 7. The molecule has 0 aliphatic heterocycles. The number of aromatic amines is 1. The van der Waals surface area contributed by atoms with Crippen molar-refractivity contribution in [2.45, 2.75) is 4.90 Å². The van der Waals surface area contributed by atoms with E-state index in [0.29, 0.717) is 23.7 Å². The van der Waals surface area contributed by atoms with E-state index < -0.39 is 10.0 Å². The molecule has 3 N–H and O–H groups in total. The lowest BCUT2D eigenvalue weighted by Crippen LogP contribution is -2.30. The molecule has 1 aromatic heterocycles. The first-order valence-electron chi connectivity index (χ1n) is 8.26. The summed E-state index contributed by atoms with van der Waals surface area (Å²) in [7, 11) is -1.97. The number of anilines is 1. The number of hydrogen-bond donors (Lipinski definition) is 2. The Kier molecular flexibility index (Phi) is 5.54. The van der Waals surface area contributed by atoms with Crippen LogP contribution in [-0.2, 0) is 10.0 Å². The van der Waals surface area contributed by atoms with Gasteiger partial charge in [0.25, 0.3) is 5.82 Å². The number of benzene rings is 2. The zero-order valence-electron chi connectivity index (χ0n) is 14.7. The second-order valence-electron chi connectivity index (χ2n) is 5.76. The Hall–Kier alpha value is -3.15. The van der Waals surface area contributed by atoms with E-state index in [2.05, 4.69) is 21.1 Å². The van der Waals surface area contributed by atoms with E-state index in [1.807, 2.05) is 18.2 Å². The summed E-state index contributed by atoms with van der Waals surface area (Å²) in [6, 6.07) is 17.6. The SMILES string of the molecule is COc1ccc2cc(C#N)c(NCCNS(=O)(=O)c3ccccc3)[nH+]c2c1. The number of nitriles is 1. The van der Waals surface area contributed by atoms with Gasteiger partial charge in [-0.3, -0.25) is 5.32 Å². The molecule has 0 spiro atoms. The summed E-state index contributed by atoms with van der Waals surface area (Å²) in [5, 5.41) is 13.3. The van der Waals surface area contributed by atoms with Crippen LogP contribution >= 0.6 is 0 Å². The highest BCUT2D eigenvalue weighted by Gasteiger charge is 2.15. The van der Waals surface area contributed by atoms with E-state index in [1.165, 1.54) is 12.1 Å². The number of aromatic nitrogens is 1. The molecule has 0 aliphatic rings. The number of nitrogens with one attached hydrogen (secondary N) is 3. The molecule has 0 saturated carbocycles. The molecule has 8 heteroatoms. The smallest absolute Gasteiger partial charge is 0.290 e. The van der Waals surface area contributed by atoms with Gasteiger partial charge in [-0.15, -0.1) is 0 Å². The van der Waals surface area contributed by atoms with Gasteiger partial charge in [0.05, 0.1) is 18.6 Å². The lowest BCUT2D eigenvalue weighted by atomic mass is 10.1. The van der Waals surface area contributed by atoms with Crippen LogP contribution in [0.5, 0.6) is 5.75 Å². The maximum atomic E-state index is 12.2. The fourth-order valence-corrected chi connectivity index (χ4v) is 3.66. The highest BCUT2D eigenvalue weighted by atomic mass is 32.2. The first kappa shape index (κ1) is 18.6. The standard InChI is InChI=1S/C19H18N4O3S/c1-26-16-8-7-14-11-15(13-20)19(23-18(14)12-16)21-9-10-22-27(24,25)17-5-3-2-4-6-17/h2-8,11-12,22H,9-10H2,1H3,(H,21,23)/p+1. The van der Waals surface area contributed by atoms with Crippen LogP contribution in [0.3, 0.4) is 0 Å². The number of ether oxygens (including phenoxy) is 1. The van der Waals surface area contributed by atoms with Crippen LogP contribution in [0.1, 0.15) is 5.56 Å². The molecule has 1 heterocycles. The maximum Gasteiger partial charge on any atom is 0.290 e. The number of fused-ring (bicyclic) bond motifs is 1. The third kappa shape index (κ3) is 4.34. The van der Waals surface area contributed by atoms with Crippen LogP contribution in [0.25, 0.3) is 10.9 Å². The molecule has 3 aromatic rings. The van der Waals surface area contributed by atoms with Gasteiger partial charge in [-0.05, 0) is 30.3 Å². The van der Waals surface area contributed by atoms with Crippen molar-refractivity contribution in [2.24, 2.45) is 0 Å². The largest absolute Gasteiger partial charge is 0.497 e. The Balaban J connectivity index is 1.70. The van der Waals surface area contributed by atoms with Crippen molar-refractivity contribution >= 4 is 26.7 Å². The number of methoxy groups -OCH3 is 1. The average molecular weight is 383 g/mol. The van der Waals surface area contributed by atoms with Gasteiger partial charge in [0.15, 0.2) is 0 Å². The number of nitrogens with zero attached hydrogens (tertiary/aromatic N) is 1. The summed E-state index contributed by atoms with van der Waals surface area (Å²) in [6.45, 7) is 0.485. The van der Waals surface area contributed by atoms with Gasteiger partial charge >= 0.3 is 0 Å². The molecule has 27 heavy (non-hydrogen) atoms. The summed E-state index contributed by atoms with van der Waals surface area (Å²) in [5.74, 6) is 1.22. The van der Waals surface area contributed by atoms with Crippen LogP contribution < -0.4 is 19.8 Å². The Morgan fingerprint density at radius 1 is 1.11 bits per heavy atom. The molecule has 0 fully saturated rings. The first-order valence-corrected chi connectivity index (χ1v) is 9.74. The summed E-state index contributed by atoms with van der Waals surface area (Å²) in [4.78, 5) is 3.37. The second-order valence-corrected chi connectivity index (χ2v) is 7.53. The Bertz CT molecular complexity index is 1090. The molecule has 0 amide bonds. The van der Waals surface area contributed by atoms with E-state index in [1.54, 1.807) is 31.4 Å². The highest BCUT2D eigenvalue weighted by molar-refractivity contribution is 7.89. The molecule has 0 aliphatic carbocycles. The zero-order valence-corrected chi connectivity index (χ0v) is 15.5. The minimum absolute atomic E-state index is 0.173. The van der Waals surface area contributed by atoms with E-state index in [-0.39, 0.29) is 11.4 Å². The molecule has 0 radical (unpaired) electrons. The molecule has 0 bridgehead atoms. The van der Waals surface area contributed by atoms with Gasteiger partial charge in [0.1, 0.15) is 22.9 Å². The summed E-state index contributed by atoms with van der Waals surface area (Å²) in [6.07, 6.45) is 0. The highest BCUT2D eigenvalue weighted by Crippen LogP contribution is 2.20. The molecular weight excluding hydrogens is 364 g/mol. The third-order valence-corrected chi connectivity index (χ3v) is 5.46. The summed E-state index contributed by atoms with van der Waals surface area (Å²) < 4.78 is 32.1. The van der Waals surface area contributed by atoms with E-state index in [9.17, 15) is 13.7 Å². The van der Waals surface area contributed by atoms with Gasteiger partial charge in [-0.2, -0.15) is 5.26 Å². The van der Waals surface area contributed by atoms with Crippen LogP contribution in [0.4, 0.5) is 5.82 Å². The number of H-pyrrole nitrogens is 1. The van der Waals surface area contributed by atoms with E-state index >= 15 is 0 Å². The fourth-order valence-electron chi connectivity index (χ4n) is 2.61.